The summed E-state index contributed by atoms with van der Waals surface area (Å²) in [5, 5.41) is 7.06. The first kappa shape index (κ1) is 14.0. The Labute approximate surface area is 110 Å². The Bertz CT molecular complexity index is 367. The van der Waals surface area contributed by atoms with E-state index in [1.54, 1.807) is 17.8 Å². The first-order valence-corrected chi connectivity index (χ1v) is 6.59. The van der Waals surface area contributed by atoms with Gasteiger partial charge in [-0.2, -0.15) is 5.10 Å². The summed E-state index contributed by atoms with van der Waals surface area (Å²) in [5.41, 5.74) is 5.62. The lowest BCUT2D eigenvalue weighted by Crippen LogP contribution is -2.38. The van der Waals surface area contributed by atoms with Crippen LogP contribution in [0.3, 0.4) is 0 Å². The van der Waals surface area contributed by atoms with Crippen LogP contribution in [-0.4, -0.2) is 21.7 Å². The zero-order chi connectivity index (χ0) is 13.0. The van der Waals surface area contributed by atoms with Crippen LogP contribution >= 0.6 is 15.9 Å². The number of nitrogens with one attached hydrogen (secondary N) is 1. The smallest absolute Gasteiger partial charge is 0.244 e. The van der Waals surface area contributed by atoms with E-state index in [0.717, 1.165) is 12.8 Å². The van der Waals surface area contributed by atoms with Crippen molar-refractivity contribution < 1.29 is 4.79 Å². The quantitative estimate of drug-likeness (QED) is 0.875. The molecule has 1 atom stereocenters. The minimum absolute atomic E-state index is 0.0336. The van der Waals surface area contributed by atoms with Gasteiger partial charge in [0.25, 0.3) is 0 Å². The third kappa shape index (κ3) is 3.46. The van der Waals surface area contributed by atoms with Gasteiger partial charge in [-0.3, -0.25) is 9.48 Å². The van der Waals surface area contributed by atoms with Crippen molar-refractivity contribution in [3.63, 3.8) is 0 Å². The van der Waals surface area contributed by atoms with Crippen LogP contribution in [0.2, 0.25) is 0 Å². The van der Waals surface area contributed by atoms with E-state index in [2.05, 4.69) is 40.2 Å². The van der Waals surface area contributed by atoms with E-state index in [1.807, 2.05) is 0 Å². The maximum Gasteiger partial charge on any atom is 0.244 e. The van der Waals surface area contributed by atoms with Crippen molar-refractivity contribution in [2.24, 2.45) is 0 Å². The van der Waals surface area contributed by atoms with Crippen LogP contribution in [0.25, 0.3) is 0 Å². The molecule has 0 aliphatic carbocycles. The van der Waals surface area contributed by atoms with Gasteiger partial charge in [0.2, 0.25) is 5.91 Å². The van der Waals surface area contributed by atoms with Gasteiger partial charge in [-0.05, 0) is 35.7 Å². The lowest BCUT2D eigenvalue weighted by molar-refractivity contribution is -0.124. The molecule has 5 nitrogen and oxygen atoms in total. The monoisotopic (exact) mass is 302 g/mol. The number of aromatic nitrogens is 2. The summed E-state index contributed by atoms with van der Waals surface area (Å²) < 4.78 is 2.27. The SMILES string of the molecule is CCC(CC)NC(=O)C(C)n1cc(Br)c(N)n1. The molecule has 1 heterocycles. The van der Waals surface area contributed by atoms with Crippen molar-refractivity contribution in [2.75, 3.05) is 5.73 Å². The van der Waals surface area contributed by atoms with Crippen LogP contribution in [0.5, 0.6) is 0 Å². The van der Waals surface area contributed by atoms with Gasteiger partial charge >= 0.3 is 0 Å². The molecule has 96 valence electrons. The van der Waals surface area contributed by atoms with Gasteiger partial charge in [0.05, 0.1) is 4.47 Å². The van der Waals surface area contributed by atoms with Crippen LogP contribution in [-0.2, 0) is 4.79 Å². The predicted molar refractivity (Wildman–Crippen MR) is 71.6 cm³/mol. The molecule has 1 unspecified atom stereocenters. The minimum Gasteiger partial charge on any atom is -0.381 e. The molecule has 0 saturated heterocycles. The van der Waals surface area contributed by atoms with Gasteiger partial charge in [-0.25, -0.2) is 0 Å². The number of hydrogen-bond acceptors (Lipinski definition) is 3. The summed E-state index contributed by atoms with van der Waals surface area (Å²) >= 11 is 3.27. The van der Waals surface area contributed by atoms with Crippen LogP contribution < -0.4 is 11.1 Å². The number of nitrogen functional groups attached to an aromatic ring is 1. The van der Waals surface area contributed by atoms with E-state index in [1.165, 1.54) is 0 Å². The van der Waals surface area contributed by atoms with Gasteiger partial charge in [0.15, 0.2) is 5.82 Å². The van der Waals surface area contributed by atoms with Crippen molar-refractivity contribution in [3.8, 4) is 0 Å². The number of anilines is 1. The van der Waals surface area contributed by atoms with Crippen LogP contribution in [0.1, 0.15) is 39.7 Å². The van der Waals surface area contributed by atoms with Gasteiger partial charge in [-0.15, -0.1) is 0 Å². The van der Waals surface area contributed by atoms with Crippen LogP contribution in [0.15, 0.2) is 10.7 Å². The molecular formula is C11H19BrN4O. The lowest BCUT2D eigenvalue weighted by atomic mass is 10.1. The molecule has 1 amide bonds. The van der Waals surface area contributed by atoms with E-state index in [9.17, 15) is 4.79 Å². The first-order chi connectivity index (χ1) is 7.99. The molecule has 0 saturated carbocycles. The molecular weight excluding hydrogens is 284 g/mol. The molecule has 0 radical (unpaired) electrons. The summed E-state index contributed by atoms with van der Waals surface area (Å²) in [6, 6.07) is -0.134. The summed E-state index contributed by atoms with van der Waals surface area (Å²) in [5.74, 6) is 0.362. The Hall–Kier alpha value is -1.04. The minimum atomic E-state index is -0.357. The second-order valence-electron chi connectivity index (χ2n) is 4.04. The Morgan fingerprint density at radius 2 is 2.18 bits per heavy atom. The summed E-state index contributed by atoms with van der Waals surface area (Å²) in [7, 11) is 0. The highest BCUT2D eigenvalue weighted by atomic mass is 79.9. The molecule has 0 spiro atoms. The number of nitrogens with two attached hydrogens (primary N) is 1. The molecule has 17 heavy (non-hydrogen) atoms. The van der Waals surface area contributed by atoms with Crippen molar-refractivity contribution in [2.45, 2.75) is 45.7 Å². The van der Waals surface area contributed by atoms with E-state index in [0.29, 0.717) is 10.3 Å². The van der Waals surface area contributed by atoms with Crippen molar-refractivity contribution in [1.29, 1.82) is 0 Å². The Kier molecular flexibility index (Phi) is 4.99. The fourth-order valence-electron chi connectivity index (χ4n) is 1.52. The van der Waals surface area contributed by atoms with E-state index < -0.39 is 0 Å². The second kappa shape index (κ2) is 6.05. The number of hydrogen-bond donors (Lipinski definition) is 2. The molecule has 0 bridgehead atoms. The fraction of sp³-hybridized carbons (Fsp3) is 0.636. The molecule has 0 fully saturated rings. The number of halogens is 1. The molecule has 6 heteroatoms. The molecule has 1 aromatic heterocycles. The first-order valence-electron chi connectivity index (χ1n) is 5.80. The van der Waals surface area contributed by atoms with Gasteiger partial charge < -0.3 is 11.1 Å². The van der Waals surface area contributed by atoms with Gasteiger partial charge in [-0.1, -0.05) is 13.8 Å². The molecule has 0 aliphatic rings. The Morgan fingerprint density at radius 1 is 1.59 bits per heavy atom. The predicted octanol–water partition coefficient (Wildman–Crippen LogP) is 2.09. The topological polar surface area (TPSA) is 72.9 Å². The maximum atomic E-state index is 12.0. The summed E-state index contributed by atoms with van der Waals surface area (Å²) in [4.78, 5) is 12.0. The Morgan fingerprint density at radius 3 is 2.59 bits per heavy atom. The average molecular weight is 303 g/mol. The maximum absolute atomic E-state index is 12.0. The van der Waals surface area contributed by atoms with E-state index in [4.69, 9.17) is 5.73 Å². The van der Waals surface area contributed by atoms with Gasteiger partial charge in [0.1, 0.15) is 6.04 Å². The zero-order valence-electron chi connectivity index (χ0n) is 10.4. The van der Waals surface area contributed by atoms with Crippen molar-refractivity contribution in [1.82, 2.24) is 15.1 Å². The standard InChI is InChI=1S/C11H19BrN4O/c1-4-8(5-2)14-11(17)7(3)16-6-9(12)10(13)15-16/h6-8H,4-5H2,1-3H3,(H2,13,15)(H,14,17). The molecule has 0 aliphatic heterocycles. The number of amides is 1. The van der Waals surface area contributed by atoms with Crippen LogP contribution in [0.4, 0.5) is 5.82 Å². The molecule has 3 N–H and O–H groups in total. The van der Waals surface area contributed by atoms with E-state index in [-0.39, 0.29) is 18.0 Å². The van der Waals surface area contributed by atoms with E-state index >= 15 is 0 Å². The highest BCUT2D eigenvalue weighted by molar-refractivity contribution is 9.10. The number of rotatable bonds is 5. The Balaban J connectivity index is 2.69. The highest BCUT2D eigenvalue weighted by Crippen LogP contribution is 2.19. The summed E-state index contributed by atoms with van der Waals surface area (Å²) in [6.45, 7) is 5.92. The molecule has 0 aromatic carbocycles. The van der Waals surface area contributed by atoms with Crippen molar-refractivity contribution in [3.05, 3.63) is 10.7 Å². The third-order valence-electron chi connectivity index (χ3n) is 2.82. The largest absolute Gasteiger partial charge is 0.381 e. The zero-order valence-corrected chi connectivity index (χ0v) is 12.0. The van der Waals surface area contributed by atoms with Crippen molar-refractivity contribution >= 4 is 27.7 Å². The molecule has 1 aromatic rings. The molecule has 1 rings (SSSR count). The van der Waals surface area contributed by atoms with Gasteiger partial charge in [0, 0.05) is 12.2 Å². The fourth-order valence-corrected chi connectivity index (χ4v) is 1.81. The number of nitrogens with zero attached hydrogens (tertiary/aromatic N) is 2. The summed E-state index contributed by atoms with van der Waals surface area (Å²) in [6.07, 6.45) is 3.58. The number of carbonyl (C=O) groups is 1. The lowest BCUT2D eigenvalue weighted by Gasteiger charge is -2.18. The highest BCUT2D eigenvalue weighted by Gasteiger charge is 2.19. The normalized spacial score (nSPS) is 12.8. The average Bonchev–Trinajstić information content (AvgIpc) is 2.65. The van der Waals surface area contributed by atoms with Crippen LogP contribution in [0, 0.1) is 0 Å². The number of carbonyl (C=O) groups excluding carboxylic acids is 1. The second-order valence-corrected chi connectivity index (χ2v) is 4.89. The third-order valence-corrected chi connectivity index (χ3v) is 3.43.